The summed E-state index contributed by atoms with van der Waals surface area (Å²) in [4.78, 5) is 34.4. The lowest BCUT2D eigenvalue weighted by Crippen LogP contribution is -2.51. The first-order valence-electron chi connectivity index (χ1n) is 15.0. The van der Waals surface area contributed by atoms with Gasteiger partial charge in [0.15, 0.2) is 6.61 Å². The highest BCUT2D eigenvalue weighted by Gasteiger charge is 2.32. The number of carboxylic acid groups (broad SMARTS) is 1. The number of nitrogens with zero attached hydrogens (tertiary/aromatic N) is 3. The van der Waals surface area contributed by atoms with E-state index in [0.29, 0.717) is 24.6 Å². The highest BCUT2D eigenvalue weighted by atomic mass is 32.2. The Hall–Kier alpha value is -4.60. The van der Waals surface area contributed by atoms with E-state index >= 15 is 0 Å². The molecule has 1 amide bonds. The number of carbonyl (C=O) groups excluding carboxylic acids is 1. The Balaban J connectivity index is 1.05. The number of thioether (sulfide) groups is 1. The fourth-order valence-electron chi connectivity index (χ4n) is 5.86. The van der Waals surface area contributed by atoms with Crippen LogP contribution in [0.4, 0.5) is 0 Å². The van der Waals surface area contributed by atoms with Gasteiger partial charge in [-0.05, 0) is 58.5 Å². The van der Waals surface area contributed by atoms with Crippen LogP contribution >= 0.6 is 11.8 Å². The predicted octanol–water partition coefficient (Wildman–Crippen LogP) is 6.10. The largest absolute Gasteiger partial charge is 0.484 e. The maximum atomic E-state index is 13.2. The van der Waals surface area contributed by atoms with Crippen molar-refractivity contribution in [2.45, 2.75) is 23.6 Å². The maximum Gasteiger partial charge on any atom is 0.344 e. The van der Waals surface area contributed by atoms with Crippen LogP contribution < -0.4 is 4.74 Å². The van der Waals surface area contributed by atoms with Gasteiger partial charge in [0, 0.05) is 36.8 Å². The Bertz CT molecular complexity index is 1650. The molecule has 0 aliphatic carbocycles. The summed E-state index contributed by atoms with van der Waals surface area (Å²) in [6.07, 6.45) is 0. The van der Waals surface area contributed by atoms with Gasteiger partial charge in [-0.2, -0.15) is 0 Å². The summed E-state index contributed by atoms with van der Waals surface area (Å²) in [7, 11) is 0. The molecule has 230 valence electrons. The van der Waals surface area contributed by atoms with Crippen molar-refractivity contribution >= 4 is 29.4 Å². The lowest BCUT2D eigenvalue weighted by atomic mass is 9.93. The third-order valence-corrected chi connectivity index (χ3v) is 9.34. The SMILES string of the molecule is C/C(=N\OCC(=O)O)c1ccc(-c2cccc(OCC(=O)N3CCN(C4c5ccccc5CSc5ccccc54)CC3)c2)cc1. The summed E-state index contributed by atoms with van der Waals surface area (Å²) in [5, 5.41) is 12.6. The normalized spacial score (nSPS) is 16.7. The average Bonchev–Trinajstić information content (AvgIpc) is 3.24. The molecule has 1 N–H and O–H groups in total. The first-order chi connectivity index (χ1) is 22.0. The molecular weight excluding hydrogens is 586 g/mol. The molecule has 2 heterocycles. The molecule has 0 aromatic heterocycles. The van der Waals surface area contributed by atoms with E-state index in [1.807, 2.05) is 65.2 Å². The number of hydrogen-bond acceptors (Lipinski definition) is 7. The molecule has 8 nitrogen and oxygen atoms in total. The first-order valence-corrected chi connectivity index (χ1v) is 16.0. The summed E-state index contributed by atoms with van der Waals surface area (Å²) in [5.41, 5.74) is 7.43. The highest BCUT2D eigenvalue weighted by Crippen LogP contribution is 2.42. The smallest absolute Gasteiger partial charge is 0.344 e. The van der Waals surface area contributed by atoms with Crippen LogP contribution in [0.1, 0.15) is 35.2 Å². The molecule has 0 radical (unpaired) electrons. The minimum atomic E-state index is -1.07. The van der Waals surface area contributed by atoms with Gasteiger partial charge in [-0.1, -0.05) is 84.0 Å². The maximum absolute atomic E-state index is 13.2. The Morgan fingerprint density at radius 3 is 2.36 bits per heavy atom. The molecule has 9 heteroatoms. The van der Waals surface area contributed by atoms with Crippen LogP contribution in [-0.2, 0) is 20.2 Å². The molecule has 1 unspecified atom stereocenters. The van der Waals surface area contributed by atoms with Crippen molar-refractivity contribution in [1.82, 2.24) is 9.80 Å². The van der Waals surface area contributed by atoms with Gasteiger partial charge in [-0.3, -0.25) is 9.69 Å². The second-order valence-corrected chi connectivity index (χ2v) is 12.1. The molecule has 2 aliphatic heterocycles. The van der Waals surface area contributed by atoms with Gasteiger partial charge in [0.2, 0.25) is 6.61 Å². The summed E-state index contributed by atoms with van der Waals surface area (Å²) in [6.45, 7) is 4.18. The second-order valence-electron chi connectivity index (χ2n) is 11.1. The van der Waals surface area contributed by atoms with Crippen molar-refractivity contribution in [2.75, 3.05) is 39.4 Å². The standard InChI is InChI=1S/C36H35N3O5S/c1-25(37-44-23-35(41)42)26-13-15-27(16-14-26)28-8-6-9-30(21-28)43-22-34(40)38-17-19-39(20-18-38)36-31-10-3-2-7-29(31)24-45-33-12-5-4-11-32(33)36/h2-16,21,36H,17-20,22-24H2,1H3,(H,41,42)/b37-25+. The topological polar surface area (TPSA) is 91.7 Å². The number of fused-ring (bicyclic) bond motifs is 2. The molecule has 0 bridgehead atoms. The Kier molecular flexibility index (Phi) is 9.47. The number of rotatable bonds is 9. The Labute approximate surface area is 267 Å². The zero-order chi connectivity index (χ0) is 31.2. The quantitative estimate of drug-likeness (QED) is 0.179. The predicted molar refractivity (Wildman–Crippen MR) is 176 cm³/mol. The van der Waals surface area contributed by atoms with Crippen LogP contribution in [0.25, 0.3) is 11.1 Å². The van der Waals surface area contributed by atoms with Crippen LogP contribution in [-0.4, -0.2) is 71.9 Å². The summed E-state index contributed by atoms with van der Waals surface area (Å²) >= 11 is 1.90. The monoisotopic (exact) mass is 621 g/mol. The van der Waals surface area contributed by atoms with Gasteiger partial charge in [0.05, 0.1) is 11.8 Å². The van der Waals surface area contributed by atoms with Crippen LogP contribution in [0.2, 0.25) is 0 Å². The Morgan fingerprint density at radius 1 is 0.844 bits per heavy atom. The number of carboxylic acids is 1. The van der Waals surface area contributed by atoms with Crippen molar-refractivity contribution in [3.05, 3.63) is 119 Å². The van der Waals surface area contributed by atoms with Crippen LogP contribution in [0.15, 0.2) is 107 Å². The second kappa shape index (κ2) is 14.0. The van der Waals surface area contributed by atoms with Crippen molar-refractivity contribution in [3.8, 4) is 16.9 Å². The summed E-state index contributed by atoms with van der Waals surface area (Å²) in [6, 6.07) is 33.0. The number of amides is 1. The van der Waals surface area contributed by atoms with Gasteiger partial charge in [-0.25, -0.2) is 4.79 Å². The third kappa shape index (κ3) is 7.21. The van der Waals surface area contributed by atoms with Crippen LogP contribution in [0.5, 0.6) is 5.75 Å². The molecule has 0 saturated carbocycles. The van der Waals surface area contributed by atoms with E-state index in [9.17, 15) is 9.59 Å². The van der Waals surface area contributed by atoms with Gasteiger partial charge in [0.1, 0.15) is 5.75 Å². The molecule has 45 heavy (non-hydrogen) atoms. The molecule has 1 fully saturated rings. The molecule has 1 saturated heterocycles. The molecule has 0 spiro atoms. The molecular formula is C36H35N3O5S. The minimum Gasteiger partial charge on any atom is -0.484 e. The fraction of sp³-hybridized carbons (Fsp3) is 0.250. The molecule has 4 aromatic carbocycles. The lowest BCUT2D eigenvalue weighted by molar-refractivity contribution is -0.142. The number of oxime groups is 1. The van der Waals surface area contributed by atoms with Crippen LogP contribution in [0.3, 0.4) is 0 Å². The van der Waals surface area contributed by atoms with Crippen molar-refractivity contribution < 1.29 is 24.3 Å². The number of hydrogen-bond donors (Lipinski definition) is 1. The summed E-state index contributed by atoms with van der Waals surface area (Å²) < 4.78 is 5.97. The van der Waals surface area contributed by atoms with Gasteiger partial charge >= 0.3 is 5.97 Å². The molecule has 4 aromatic rings. The van der Waals surface area contributed by atoms with E-state index in [4.69, 9.17) is 14.7 Å². The number of benzene rings is 4. The van der Waals surface area contributed by atoms with E-state index in [1.54, 1.807) is 6.92 Å². The van der Waals surface area contributed by atoms with Crippen molar-refractivity contribution in [2.24, 2.45) is 5.16 Å². The number of carbonyl (C=O) groups is 2. The zero-order valence-corrected chi connectivity index (χ0v) is 25.9. The highest BCUT2D eigenvalue weighted by molar-refractivity contribution is 7.98. The fourth-order valence-corrected chi connectivity index (χ4v) is 6.95. The third-order valence-electron chi connectivity index (χ3n) is 8.20. The molecule has 6 rings (SSSR count). The van der Waals surface area contributed by atoms with E-state index in [1.165, 1.54) is 21.6 Å². The summed E-state index contributed by atoms with van der Waals surface area (Å²) in [5.74, 6) is 0.510. The lowest BCUT2D eigenvalue weighted by Gasteiger charge is -2.40. The Morgan fingerprint density at radius 2 is 1.58 bits per heavy atom. The van der Waals surface area contributed by atoms with Crippen LogP contribution in [0, 0.1) is 0 Å². The van der Waals surface area contributed by atoms with Crippen molar-refractivity contribution in [3.63, 3.8) is 0 Å². The van der Waals surface area contributed by atoms with E-state index < -0.39 is 12.6 Å². The molecule has 2 aliphatic rings. The number of piperazine rings is 1. The van der Waals surface area contributed by atoms with Gasteiger partial charge < -0.3 is 19.6 Å². The van der Waals surface area contributed by atoms with Gasteiger partial charge in [0.25, 0.3) is 5.91 Å². The van der Waals surface area contributed by atoms with Gasteiger partial charge in [-0.15, -0.1) is 11.8 Å². The average molecular weight is 622 g/mol. The number of ether oxygens (including phenoxy) is 1. The van der Waals surface area contributed by atoms with E-state index in [2.05, 4.69) is 58.6 Å². The van der Waals surface area contributed by atoms with E-state index in [-0.39, 0.29) is 18.6 Å². The zero-order valence-electron chi connectivity index (χ0n) is 25.1. The number of aliphatic carboxylic acids is 1. The van der Waals surface area contributed by atoms with E-state index in [0.717, 1.165) is 35.5 Å². The van der Waals surface area contributed by atoms with Crippen molar-refractivity contribution in [1.29, 1.82) is 0 Å². The molecule has 1 atom stereocenters. The first kappa shape index (κ1) is 30.4. The minimum absolute atomic E-state index is 0.0125.